The summed E-state index contributed by atoms with van der Waals surface area (Å²) in [7, 11) is 1.66. The topological polar surface area (TPSA) is 79.9 Å². The minimum Gasteiger partial charge on any atom is -0.484 e. The molecule has 0 aliphatic rings. The number of carbonyl (C=O) groups excluding carboxylic acids is 1. The number of anilines is 1. The van der Waals surface area contributed by atoms with E-state index in [1.165, 1.54) is 10.9 Å². The van der Waals surface area contributed by atoms with E-state index in [-0.39, 0.29) is 12.5 Å². The van der Waals surface area contributed by atoms with Crippen LogP contribution in [0.4, 0.5) is 5.82 Å². The molecule has 0 fully saturated rings. The zero-order valence-electron chi connectivity index (χ0n) is 12.8. The van der Waals surface area contributed by atoms with E-state index in [4.69, 9.17) is 10.00 Å². The summed E-state index contributed by atoms with van der Waals surface area (Å²) in [5.41, 5.74) is 1.47. The number of amides is 1. The van der Waals surface area contributed by atoms with Crippen LogP contribution in [0.1, 0.15) is 30.9 Å². The first-order valence-electron chi connectivity index (χ1n) is 6.96. The Kier molecular flexibility index (Phi) is 4.79. The number of benzene rings is 1. The van der Waals surface area contributed by atoms with Crippen molar-refractivity contribution in [3.63, 3.8) is 0 Å². The average molecular weight is 298 g/mol. The maximum atomic E-state index is 11.9. The van der Waals surface area contributed by atoms with E-state index in [1.807, 2.05) is 30.3 Å². The molecule has 1 aromatic carbocycles. The summed E-state index contributed by atoms with van der Waals surface area (Å²) in [6.07, 6.45) is 1.41. The molecular weight excluding hydrogens is 280 g/mol. The largest absolute Gasteiger partial charge is 0.484 e. The molecule has 1 amide bonds. The molecule has 22 heavy (non-hydrogen) atoms. The molecule has 0 radical (unpaired) electrons. The molecule has 114 valence electrons. The Bertz CT molecular complexity index is 713. The van der Waals surface area contributed by atoms with Crippen LogP contribution in [0.3, 0.4) is 0 Å². The molecule has 0 saturated heterocycles. The first kappa shape index (κ1) is 15.6. The van der Waals surface area contributed by atoms with Crippen LogP contribution in [0, 0.1) is 11.3 Å². The minimum atomic E-state index is -0.338. The molecule has 0 unspecified atom stereocenters. The second kappa shape index (κ2) is 6.76. The smallest absolute Gasteiger partial charge is 0.263 e. The third-order valence-electron chi connectivity index (χ3n) is 3.21. The van der Waals surface area contributed by atoms with Gasteiger partial charge in [0.2, 0.25) is 0 Å². The zero-order valence-corrected chi connectivity index (χ0v) is 12.8. The highest BCUT2D eigenvalue weighted by atomic mass is 16.5. The molecule has 1 aromatic heterocycles. The fourth-order valence-corrected chi connectivity index (χ4v) is 1.95. The predicted octanol–water partition coefficient (Wildman–Crippen LogP) is 2.43. The van der Waals surface area contributed by atoms with Crippen molar-refractivity contribution in [1.29, 1.82) is 5.26 Å². The maximum Gasteiger partial charge on any atom is 0.263 e. The molecule has 0 aliphatic heterocycles. The molecule has 2 aromatic rings. The molecule has 1 N–H and O–H groups in total. The monoisotopic (exact) mass is 298 g/mol. The number of ether oxygens (including phenoxy) is 1. The Hall–Kier alpha value is -2.81. The lowest BCUT2D eigenvalue weighted by molar-refractivity contribution is -0.118. The van der Waals surface area contributed by atoms with Crippen molar-refractivity contribution >= 4 is 11.7 Å². The first-order valence-corrected chi connectivity index (χ1v) is 6.96. The van der Waals surface area contributed by atoms with E-state index in [0.717, 1.165) is 5.56 Å². The normalized spacial score (nSPS) is 10.3. The van der Waals surface area contributed by atoms with Crippen molar-refractivity contribution in [3.05, 3.63) is 41.6 Å². The highest BCUT2D eigenvalue weighted by Gasteiger charge is 2.12. The SMILES string of the molecule is CC(C)c1cccc(OCC(=O)Nc2c(C#N)cnn2C)c1. The van der Waals surface area contributed by atoms with Crippen LogP contribution < -0.4 is 10.1 Å². The number of aromatic nitrogens is 2. The van der Waals surface area contributed by atoms with Gasteiger partial charge in [0.25, 0.3) is 5.91 Å². The van der Waals surface area contributed by atoms with Crippen molar-refractivity contribution in [2.45, 2.75) is 19.8 Å². The van der Waals surface area contributed by atoms with Crippen molar-refractivity contribution in [1.82, 2.24) is 9.78 Å². The fraction of sp³-hybridized carbons (Fsp3) is 0.312. The van der Waals surface area contributed by atoms with E-state index in [2.05, 4.69) is 24.3 Å². The van der Waals surface area contributed by atoms with Gasteiger partial charge in [-0.3, -0.25) is 9.48 Å². The van der Waals surface area contributed by atoms with Crippen molar-refractivity contribution < 1.29 is 9.53 Å². The molecule has 0 spiro atoms. The molecule has 0 atom stereocenters. The van der Waals surface area contributed by atoms with Crippen LogP contribution in [0.15, 0.2) is 30.5 Å². The second-order valence-corrected chi connectivity index (χ2v) is 5.21. The summed E-state index contributed by atoms with van der Waals surface area (Å²) >= 11 is 0. The number of aryl methyl sites for hydroxylation is 1. The standard InChI is InChI=1S/C16H18N4O2/c1-11(2)12-5-4-6-14(7-12)22-10-15(21)19-16-13(8-17)9-18-20(16)3/h4-7,9,11H,10H2,1-3H3,(H,19,21). The van der Waals surface area contributed by atoms with Gasteiger partial charge >= 0.3 is 0 Å². The van der Waals surface area contributed by atoms with E-state index < -0.39 is 0 Å². The van der Waals surface area contributed by atoms with Crippen molar-refractivity contribution in [2.24, 2.45) is 7.05 Å². The van der Waals surface area contributed by atoms with Gasteiger partial charge in [0.05, 0.1) is 6.20 Å². The Morgan fingerprint density at radius 1 is 1.50 bits per heavy atom. The van der Waals surface area contributed by atoms with Gasteiger partial charge < -0.3 is 10.1 Å². The quantitative estimate of drug-likeness (QED) is 0.919. The molecule has 1 heterocycles. The van der Waals surface area contributed by atoms with Crippen LogP contribution in [-0.2, 0) is 11.8 Å². The molecule has 0 bridgehead atoms. The summed E-state index contributed by atoms with van der Waals surface area (Å²) in [6, 6.07) is 9.63. The van der Waals surface area contributed by atoms with Gasteiger partial charge in [-0.15, -0.1) is 0 Å². The lowest BCUT2D eigenvalue weighted by atomic mass is 10.0. The summed E-state index contributed by atoms with van der Waals surface area (Å²) < 4.78 is 6.94. The van der Waals surface area contributed by atoms with Crippen LogP contribution in [-0.4, -0.2) is 22.3 Å². The van der Waals surface area contributed by atoms with Crippen LogP contribution >= 0.6 is 0 Å². The summed E-state index contributed by atoms with van der Waals surface area (Å²) in [4.78, 5) is 11.9. The number of hydrogen-bond acceptors (Lipinski definition) is 4. The maximum absolute atomic E-state index is 11.9. The predicted molar refractivity (Wildman–Crippen MR) is 82.6 cm³/mol. The lowest BCUT2D eigenvalue weighted by Crippen LogP contribution is -2.22. The van der Waals surface area contributed by atoms with Crippen LogP contribution in [0.2, 0.25) is 0 Å². The zero-order chi connectivity index (χ0) is 16.1. The molecule has 6 nitrogen and oxygen atoms in total. The van der Waals surface area contributed by atoms with E-state index in [0.29, 0.717) is 23.0 Å². The average Bonchev–Trinajstić information content (AvgIpc) is 2.86. The Morgan fingerprint density at radius 2 is 2.27 bits per heavy atom. The van der Waals surface area contributed by atoms with E-state index in [1.54, 1.807) is 7.05 Å². The van der Waals surface area contributed by atoms with Gasteiger partial charge in [0, 0.05) is 7.05 Å². The molecular formula is C16H18N4O2. The van der Waals surface area contributed by atoms with Crippen LogP contribution in [0.5, 0.6) is 5.75 Å². The molecule has 0 aliphatic carbocycles. The first-order chi connectivity index (χ1) is 10.5. The number of hydrogen-bond donors (Lipinski definition) is 1. The fourth-order valence-electron chi connectivity index (χ4n) is 1.95. The molecule has 2 rings (SSSR count). The van der Waals surface area contributed by atoms with Crippen molar-refractivity contribution in [3.8, 4) is 11.8 Å². The van der Waals surface area contributed by atoms with Gasteiger partial charge in [0.15, 0.2) is 6.61 Å². The highest BCUT2D eigenvalue weighted by Crippen LogP contribution is 2.20. The third kappa shape index (κ3) is 3.64. The number of rotatable bonds is 5. The Balaban J connectivity index is 1.97. The van der Waals surface area contributed by atoms with Crippen LogP contribution in [0.25, 0.3) is 0 Å². The summed E-state index contributed by atoms with van der Waals surface area (Å²) in [5, 5.41) is 15.5. The molecule has 0 saturated carbocycles. The lowest BCUT2D eigenvalue weighted by Gasteiger charge is -2.10. The summed E-state index contributed by atoms with van der Waals surface area (Å²) in [6.45, 7) is 4.06. The van der Waals surface area contributed by atoms with Gasteiger partial charge in [0.1, 0.15) is 23.2 Å². The molecule has 6 heteroatoms. The van der Waals surface area contributed by atoms with E-state index >= 15 is 0 Å². The van der Waals surface area contributed by atoms with Crippen molar-refractivity contribution in [2.75, 3.05) is 11.9 Å². The number of nitriles is 1. The van der Waals surface area contributed by atoms with Gasteiger partial charge in [-0.25, -0.2) is 0 Å². The third-order valence-corrected chi connectivity index (χ3v) is 3.21. The summed E-state index contributed by atoms with van der Waals surface area (Å²) in [5.74, 6) is 1.07. The van der Waals surface area contributed by atoms with Gasteiger partial charge in [-0.1, -0.05) is 26.0 Å². The Morgan fingerprint density at radius 3 is 2.95 bits per heavy atom. The number of carbonyl (C=O) groups is 1. The highest BCUT2D eigenvalue weighted by molar-refractivity contribution is 5.92. The van der Waals surface area contributed by atoms with E-state index in [9.17, 15) is 4.79 Å². The number of nitrogens with zero attached hydrogens (tertiary/aromatic N) is 3. The minimum absolute atomic E-state index is 0.127. The van der Waals surface area contributed by atoms with Gasteiger partial charge in [-0.05, 0) is 23.6 Å². The Labute approximate surface area is 129 Å². The number of nitrogens with one attached hydrogen (secondary N) is 1. The second-order valence-electron chi connectivity index (χ2n) is 5.21. The van der Waals surface area contributed by atoms with Gasteiger partial charge in [-0.2, -0.15) is 10.4 Å².